The third-order valence-electron chi connectivity index (χ3n) is 3.23. The molecule has 0 spiro atoms. The van der Waals surface area contributed by atoms with Crippen LogP contribution in [0, 0.1) is 0 Å². The maximum atomic E-state index is 12.7. The summed E-state index contributed by atoms with van der Waals surface area (Å²) in [6.45, 7) is 5.39. The Morgan fingerprint density at radius 2 is 2.04 bits per heavy atom. The number of amides is 2. The van der Waals surface area contributed by atoms with Gasteiger partial charge in [-0.3, -0.25) is 9.69 Å². The summed E-state index contributed by atoms with van der Waals surface area (Å²) in [5.74, 6) is -0.706. The van der Waals surface area contributed by atoms with Gasteiger partial charge in [0.25, 0.3) is 5.91 Å². The van der Waals surface area contributed by atoms with E-state index >= 15 is 0 Å². The van der Waals surface area contributed by atoms with Crippen molar-refractivity contribution in [2.24, 2.45) is 0 Å². The molecule has 1 saturated heterocycles. The first-order valence-corrected chi connectivity index (χ1v) is 7.31. The van der Waals surface area contributed by atoms with Gasteiger partial charge in [-0.15, -0.1) is 0 Å². The van der Waals surface area contributed by atoms with E-state index in [2.05, 4.69) is 10.3 Å². The number of alkyl halides is 3. The van der Waals surface area contributed by atoms with Crippen molar-refractivity contribution in [3.63, 3.8) is 0 Å². The number of ether oxygens (including phenoxy) is 1. The zero-order valence-corrected chi connectivity index (χ0v) is 13.5. The van der Waals surface area contributed by atoms with Crippen molar-refractivity contribution in [2.45, 2.75) is 45.0 Å². The molecule has 9 heteroatoms. The Morgan fingerprint density at radius 3 is 2.62 bits per heavy atom. The standard InChI is InChI=1S/C15H18F3N3O3/c1-14(2,3)20-13(23)24-10-5-7-21(12(10)22)11-8-9(4-6-19-11)15(16,17)18/h4,6,8,10H,5,7H2,1-3H3,(H,20,23). The van der Waals surface area contributed by atoms with Gasteiger partial charge in [-0.2, -0.15) is 13.2 Å². The second-order valence-electron chi connectivity index (χ2n) is 6.45. The first-order valence-electron chi connectivity index (χ1n) is 7.31. The molecule has 1 aromatic heterocycles. The molecule has 132 valence electrons. The maximum absolute atomic E-state index is 12.7. The van der Waals surface area contributed by atoms with E-state index in [1.165, 1.54) is 0 Å². The van der Waals surface area contributed by atoms with E-state index in [0.29, 0.717) is 0 Å². The van der Waals surface area contributed by atoms with Gasteiger partial charge in [0.15, 0.2) is 6.10 Å². The number of halogens is 3. The van der Waals surface area contributed by atoms with Gasteiger partial charge in [0.05, 0.1) is 5.56 Å². The van der Waals surface area contributed by atoms with Gasteiger partial charge in [-0.25, -0.2) is 9.78 Å². The number of aromatic nitrogens is 1. The average Bonchev–Trinajstić information content (AvgIpc) is 2.77. The van der Waals surface area contributed by atoms with E-state index in [1.807, 2.05) is 0 Å². The average molecular weight is 345 g/mol. The summed E-state index contributed by atoms with van der Waals surface area (Å²) in [4.78, 5) is 28.9. The summed E-state index contributed by atoms with van der Waals surface area (Å²) in [6, 6.07) is 1.63. The Labute approximate surface area is 137 Å². The molecule has 0 aliphatic carbocycles. The van der Waals surface area contributed by atoms with Crippen molar-refractivity contribution in [2.75, 3.05) is 11.4 Å². The van der Waals surface area contributed by atoms with Crippen molar-refractivity contribution in [1.29, 1.82) is 0 Å². The number of hydrogen-bond acceptors (Lipinski definition) is 4. The predicted molar refractivity (Wildman–Crippen MR) is 79.4 cm³/mol. The summed E-state index contributed by atoms with van der Waals surface area (Å²) >= 11 is 0. The molecule has 2 heterocycles. The van der Waals surface area contributed by atoms with Crippen LogP contribution in [0.5, 0.6) is 0 Å². The van der Waals surface area contributed by atoms with E-state index in [-0.39, 0.29) is 18.8 Å². The number of carbonyl (C=O) groups is 2. The van der Waals surface area contributed by atoms with Gasteiger partial charge < -0.3 is 10.1 Å². The molecule has 6 nitrogen and oxygen atoms in total. The minimum atomic E-state index is -4.52. The molecule has 0 bridgehead atoms. The molecule has 1 N–H and O–H groups in total. The van der Waals surface area contributed by atoms with Crippen LogP contribution < -0.4 is 10.2 Å². The molecule has 0 aromatic carbocycles. The smallest absolute Gasteiger partial charge is 0.416 e. The van der Waals surface area contributed by atoms with E-state index in [1.54, 1.807) is 20.8 Å². The molecular formula is C15H18F3N3O3. The summed E-state index contributed by atoms with van der Waals surface area (Å²) in [5.41, 5.74) is -1.42. The van der Waals surface area contributed by atoms with Crippen LogP contribution in [0.15, 0.2) is 18.3 Å². The highest BCUT2D eigenvalue weighted by molar-refractivity contribution is 5.99. The molecule has 2 rings (SSSR count). The third-order valence-corrected chi connectivity index (χ3v) is 3.23. The zero-order valence-electron chi connectivity index (χ0n) is 13.5. The van der Waals surface area contributed by atoms with E-state index in [9.17, 15) is 22.8 Å². The second kappa shape index (κ2) is 6.29. The maximum Gasteiger partial charge on any atom is 0.416 e. The van der Waals surface area contributed by atoms with Crippen molar-refractivity contribution in [3.05, 3.63) is 23.9 Å². The van der Waals surface area contributed by atoms with Crippen LogP contribution in [0.3, 0.4) is 0 Å². The fourth-order valence-corrected chi connectivity index (χ4v) is 2.20. The highest BCUT2D eigenvalue weighted by Crippen LogP contribution is 2.31. The largest absolute Gasteiger partial charge is 0.436 e. The molecule has 2 amide bonds. The Morgan fingerprint density at radius 1 is 1.38 bits per heavy atom. The van der Waals surface area contributed by atoms with Gasteiger partial charge in [0, 0.05) is 24.7 Å². The molecule has 24 heavy (non-hydrogen) atoms. The van der Waals surface area contributed by atoms with Crippen LogP contribution in [0.1, 0.15) is 32.8 Å². The monoisotopic (exact) mass is 345 g/mol. The number of pyridine rings is 1. The lowest BCUT2D eigenvalue weighted by Gasteiger charge is -2.21. The van der Waals surface area contributed by atoms with Crippen LogP contribution in [-0.2, 0) is 15.7 Å². The molecule has 1 atom stereocenters. The van der Waals surface area contributed by atoms with Crippen molar-refractivity contribution in [1.82, 2.24) is 10.3 Å². The fourth-order valence-electron chi connectivity index (χ4n) is 2.20. The number of nitrogens with zero attached hydrogens (tertiary/aromatic N) is 2. The van der Waals surface area contributed by atoms with E-state index < -0.39 is 35.4 Å². The lowest BCUT2D eigenvalue weighted by atomic mass is 10.1. The molecule has 1 aromatic rings. The van der Waals surface area contributed by atoms with Gasteiger partial charge in [-0.1, -0.05) is 0 Å². The topological polar surface area (TPSA) is 71.5 Å². The molecule has 0 saturated carbocycles. The van der Waals surface area contributed by atoms with E-state index in [4.69, 9.17) is 4.74 Å². The molecule has 1 fully saturated rings. The quantitative estimate of drug-likeness (QED) is 0.895. The minimum Gasteiger partial charge on any atom is -0.436 e. The van der Waals surface area contributed by atoms with E-state index in [0.717, 1.165) is 23.2 Å². The summed E-state index contributed by atoms with van der Waals surface area (Å²) in [5, 5.41) is 2.55. The summed E-state index contributed by atoms with van der Waals surface area (Å²) in [7, 11) is 0. The fraction of sp³-hybridized carbons (Fsp3) is 0.533. The minimum absolute atomic E-state index is 0.114. The lowest BCUT2D eigenvalue weighted by Crippen LogP contribution is -2.43. The SMILES string of the molecule is CC(C)(C)NC(=O)OC1CCN(c2cc(C(F)(F)F)ccn2)C1=O. The highest BCUT2D eigenvalue weighted by atomic mass is 19.4. The van der Waals surface area contributed by atoms with Crippen molar-refractivity contribution < 1.29 is 27.5 Å². The Balaban J connectivity index is 2.08. The number of anilines is 1. The summed E-state index contributed by atoms with van der Waals surface area (Å²) < 4.78 is 43.3. The first-order chi connectivity index (χ1) is 11.0. The Bertz CT molecular complexity index is 641. The lowest BCUT2D eigenvalue weighted by molar-refractivity contribution is -0.137. The molecule has 1 aliphatic heterocycles. The molecule has 0 radical (unpaired) electrons. The van der Waals surface area contributed by atoms with Gasteiger partial charge in [0.2, 0.25) is 0 Å². The van der Waals surface area contributed by atoms with Gasteiger partial charge in [0.1, 0.15) is 5.82 Å². The van der Waals surface area contributed by atoms with Crippen LogP contribution in [0.2, 0.25) is 0 Å². The van der Waals surface area contributed by atoms with Crippen LogP contribution in [0.25, 0.3) is 0 Å². The number of carbonyl (C=O) groups excluding carboxylic acids is 2. The highest BCUT2D eigenvalue weighted by Gasteiger charge is 2.38. The molecule has 1 aliphatic rings. The van der Waals surface area contributed by atoms with Crippen LogP contribution >= 0.6 is 0 Å². The summed E-state index contributed by atoms with van der Waals surface area (Å²) in [6.07, 6.45) is -5.13. The van der Waals surface area contributed by atoms with Crippen molar-refractivity contribution >= 4 is 17.8 Å². The first kappa shape index (κ1) is 18.0. The predicted octanol–water partition coefficient (Wildman–Crippen LogP) is 2.73. The van der Waals surface area contributed by atoms with Crippen LogP contribution in [0.4, 0.5) is 23.8 Å². The zero-order chi connectivity index (χ0) is 18.1. The normalized spacial score (nSPS) is 18.7. The number of rotatable bonds is 2. The second-order valence-corrected chi connectivity index (χ2v) is 6.45. The van der Waals surface area contributed by atoms with Crippen molar-refractivity contribution in [3.8, 4) is 0 Å². The number of alkyl carbamates (subject to hydrolysis) is 1. The number of nitrogens with one attached hydrogen (secondary N) is 1. The Hall–Kier alpha value is -2.32. The van der Waals surface area contributed by atoms with Crippen LogP contribution in [-0.4, -0.2) is 35.2 Å². The van der Waals surface area contributed by atoms with Gasteiger partial charge in [-0.05, 0) is 32.9 Å². The van der Waals surface area contributed by atoms with Gasteiger partial charge >= 0.3 is 12.3 Å². The Kier molecular flexibility index (Phi) is 4.73. The number of hydrogen-bond donors (Lipinski definition) is 1. The molecule has 1 unspecified atom stereocenters. The third kappa shape index (κ3) is 4.36. The molecular weight excluding hydrogens is 327 g/mol.